The molecule has 19 heavy (non-hydrogen) atoms. The highest BCUT2D eigenvalue weighted by molar-refractivity contribution is 5.48. The molecule has 0 spiro atoms. The molecule has 0 radical (unpaired) electrons. The maximum Gasteiger partial charge on any atom is 0.165 e. The van der Waals surface area contributed by atoms with Crippen molar-refractivity contribution in [2.45, 2.75) is 6.54 Å². The van der Waals surface area contributed by atoms with Crippen LogP contribution in [-0.4, -0.2) is 14.2 Å². The lowest BCUT2D eigenvalue weighted by molar-refractivity contribution is 0.386. The summed E-state index contributed by atoms with van der Waals surface area (Å²) in [6.07, 6.45) is 0. The Kier molecular flexibility index (Phi) is 4.23. The highest BCUT2D eigenvalue weighted by Crippen LogP contribution is 2.20. The van der Waals surface area contributed by atoms with Crippen LogP contribution >= 0.6 is 0 Å². The first-order valence-electron chi connectivity index (χ1n) is 5.93. The lowest BCUT2D eigenvalue weighted by Crippen LogP contribution is -2.00. The Morgan fingerprint density at radius 2 is 1.89 bits per heavy atom. The van der Waals surface area contributed by atoms with Crippen molar-refractivity contribution in [2.24, 2.45) is 0 Å². The van der Waals surface area contributed by atoms with Crippen LogP contribution in [0, 0.1) is 5.82 Å². The molecule has 0 atom stereocenters. The highest BCUT2D eigenvalue weighted by atomic mass is 19.1. The molecule has 4 heteroatoms. The van der Waals surface area contributed by atoms with Gasteiger partial charge in [-0.25, -0.2) is 4.39 Å². The molecule has 0 aliphatic rings. The van der Waals surface area contributed by atoms with Gasteiger partial charge in [0.1, 0.15) is 5.75 Å². The smallest absolute Gasteiger partial charge is 0.165 e. The van der Waals surface area contributed by atoms with Gasteiger partial charge in [0.15, 0.2) is 11.6 Å². The highest BCUT2D eigenvalue weighted by Gasteiger charge is 2.03. The second kappa shape index (κ2) is 6.09. The first kappa shape index (κ1) is 13.2. The lowest BCUT2D eigenvalue weighted by Gasteiger charge is -2.09. The minimum absolute atomic E-state index is 0.255. The second-order valence-corrected chi connectivity index (χ2v) is 4.05. The molecule has 0 saturated carbocycles. The maximum absolute atomic E-state index is 13.5. The Hall–Kier alpha value is -2.23. The molecule has 2 aromatic rings. The number of ether oxygens (including phenoxy) is 2. The molecule has 2 aromatic carbocycles. The molecule has 0 aromatic heterocycles. The van der Waals surface area contributed by atoms with E-state index in [4.69, 9.17) is 9.47 Å². The van der Waals surface area contributed by atoms with Gasteiger partial charge in [-0.1, -0.05) is 12.1 Å². The summed E-state index contributed by atoms with van der Waals surface area (Å²) in [6, 6.07) is 12.5. The summed E-state index contributed by atoms with van der Waals surface area (Å²) in [7, 11) is 3.07. The van der Waals surface area contributed by atoms with E-state index in [0.717, 1.165) is 17.0 Å². The average molecular weight is 261 g/mol. The molecule has 0 aliphatic carbocycles. The topological polar surface area (TPSA) is 30.5 Å². The zero-order valence-electron chi connectivity index (χ0n) is 10.9. The second-order valence-electron chi connectivity index (χ2n) is 4.05. The van der Waals surface area contributed by atoms with Gasteiger partial charge in [0, 0.05) is 18.3 Å². The van der Waals surface area contributed by atoms with E-state index in [1.54, 1.807) is 13.2 Å². The zero-order chi connectivity index (χ0) is 13.7. The quantitative estimate of drug-likeness (QED) is 0.894. The standard InChI is InChI=1S/C15H16FNO2/c1-18-13-5-3-4-12(9-13)17-10-11-6-7-15(19-2)14(16)8-11/h3-9,17H,10H2,1-2H3. The molecule has 100 valence electrons. The number of hydrogen-bond acceptors (Lipinski definition) is 3. The van der Waals surface area contributed by atoms with Gasteiger partial charge in [-0.15, -0.1) is 0 Å². The third kappa shape index (κ3) is 3.37. The zero-order valence-corrected chi connectivity index (χ0v) is 10.9. The average Bonchev–Trinajstić information content (AvgIpc) is 2.45. The molecule has 1 N–H and O–H groups in total. The Morgan fingerprint density at radius 3 is 2.58 bits per heavy atom. The molecule has 0 unspecified atom stereocenters. The molecule has 0 aliphatic heterocycles. The number of rotatable bonds is 5. The van der Waals surface area contributed by atoms with E-state index < -0.39 is 0 Å². The van der Waals surface area contributed by atoms with Crippen LogP contribution in [0.5, 0.6) is 11.5 Å². The molecular weight excluding hydrogens is 245 g/mol. The van der Waals surface area contributed by atoms with Gasteiger partial charge < -0.3 is 14.8 Å². The third-order valence-corrected chi connectivity index (χ3v) is 2.78. The molecule has 0 saturated heterocycles. The van der Waals surface area contributed by atoms with Gasteiger partial charge in [0.05, 0.1) is 14.2 Å². The summed E-state index contributed by atoms with van der Waals surface area (Å²) >= 11 is 0. The Balaban J connectivity index is 2.03. The van der Waals surface area contributed by atoms with Gasteiger partial charge in [-0.05, 0) is 29.8 Å². The first-order valence-corrected chi connectivity index (χ1v) is 5.93. The Labute approximate surface area is 112 Å². The molecule has 2 rings (SSSR count). The monoisotopic (exact) mass is 261 g/mol. The number of hydrogen-bond donors (Lipinski definition) is 1. The van der Waals surface area contributed by atoms with Crippen molar-refractivity contribution in [3.8, 4) is 11.5 Å². The summed E-state index contributed by atoms with van der Waals surface area (Å²) < 4.78 is 23.5. The van der Waals surface area contributed by atoms with Crippen molar-refractivity contribution in [3.63, 3.8) is 0 Å². The van der Waals surface area contributed by atoms with E-state index in [9.17, 15) is 4.39 Å². The third-order valence-electron chi connectivity index (χ3n) is 2.78. The Morgan fingerprint density at radius 1 is 1.05 bits per heavy atom. The molecule has 3 nitrogen and oxygen atoms in total. The molecular formula is C15H16FNO2. The van der Waals surface area contributed by atoms with Crippen molar-refractivity contribution < 1.29 is 13.9 Å². The summed E-state index contributed by atoms with van der Waals surface area (Å²) in [6.45, 7) is 0.536. The van der Waals surface area contributed by atoms with Gasteiger partial charge in [0.25, 0.3) is 0 Å². The van der Waals surface area contributed by atoms with Gasteiger partial charge in [-0.2, -0.15) is 0 Å². The predicted octanol–water partition coefficient (Wildman–Crippen LogP) is 3.46. The maximum atomic E-state index is 13.5. The lowest BCUT2D eigenvalue weighted by atomic mass is 10.2. The summed E-state index contributed by atoms with van der Waals surface area (Å²) in [5.74, 6) is 0.684. The van der Waals surface area contributed by atoms with Crippen molar-refractivity contribution in [3.05, 3.63) is 53.8 Å². The normalized spacial score (nSPS) is 10.1. The van der Waals surface area contributed by atoms with Crippen molar-refractivity contribution in [1.82, 2.24) is 0 Å². The largest absolute Gasteiger partial charge is 0.497 e. The predicted molar refractivity (Wildman–Crippen MR) is 73.3 cm³/mol. The van der Waals surface area contributed by atoms with Crippen LogP contribution in [0.3, 0.4) is 0 Å². The van der Waals surface area contributed by atoms with E-state index in [-0.39, 0.29) is 11.6 Å². The van der Waals surface area contributed by atoms with Gasteiger partial charge in [0.2, 0.25) is 0 Å². The van der Waals surface area contributed by atoms with Crippen LogP contribution in [0.4, 0.5) is 10.1 Å². The first-order chi connectivity index (χ1) is 9.22. The van der Waals surface area contributed by atoms with Crippen LogP contribution in [0.1, 0.15) is 5.56 Å². The van der Waals surface area contributed by atoms with E-state index in [1.165, 1.54) is 13.2 Å². The van der Waals surface area contributed by atoms with Crippen molar-refractivity contribution in [1.29, 1.82) is 0 Å². The molecule has 0 bridgehead atoms. The van der Waals surface area contributed by atoms with Crippen LogP contribution in [0.15, 0.2) is 42.5 Å². The summed E-state index contributed by atoms with van der Waals surface area (Å²) in [4.78, 5) is 0. The molecule has 0 fully saturated rings. The molecule has 0 amide bonds. The van der Waals surface area contributed by atoms with E-state index in [0.29, 0.717) is 6.54 Å². The van der Waals surface area contributed by atoms with E-state index in [2.05, 4.69) is 5.32 Å². The fraction of sp³-hybridized carbons (Fsp3) is 0.200. The van der Waals surface area contributed by atoms with Crippen LogP contribution in [-0.2, 0) is 6.54 Å². The molecule has 0 heterocycles. The summed E-state index contributed by atoms with van der Waals surface area (Å²) in [5.41, 5.74) is 1.77. The Bertz CT molecular complexity index is 558. The number of methoxy groups -OCH3 is 2. The number of benzene rings is 2. The van der Waals surface area contributed by atoms with Gasteiger partial charge >= 0.3 is 0 Å². The van der Waals surface area contributed by atoms with Crippen molar-refractivity contribution >= 4 is 5.69 Å². The minimum Gasteiger partial charge on any atom is -0.497 e. The van der Waals surface area contributed by atoms with Crippen LogP contribution in [0.25, 0.3) is 0 Å². The summed E-state index contributed by atoms with van der Waals surface area (Å²) in [5, 5.41) is 3.21. The number of halogens is 1. The SMILES string of the molecule is COc1cccc(NCc2ccc(OC)c(F)c2)c1. The number of nitrogens with one attached hydrogen (secondary N) is 1. The van der Waals surface area contributed by atoms with E-state index >= 15 is 0 Å². The fourth-order valence-electron chi connectivity index (χ4n) is 1.76. The van der Waals surface area contributed by atoms with Crippen molar-refractivity contribution in [2.75, 3.05) is 19.5 Å². The van der Waals surface area contributed by atoms with Gasteiger partial charge in [-0.3, -0.25) is 0 Å². The van der Waals surface area contributed by atoms with Crippen LogP contribution < -0.4 is 14.8 Å². The van der Waals surface area contributed by atoms with E-state index in [1.807, 2.05) is 30.3 Å². The fourth-order valence-corrected chi connectivity index (χ4v) is 1.76. The number of anilines is 1. The van der Waals surface area contributed by atoms with Crippen LogP contribution in [0.2, 0.25) is 0 Å². The minimum atomic E-state index is -0.354.